The van der Waals surface area contributed by atoms with Crippen LogP contribution >= 0.6 is 0 Å². The molecule has 2 saturated heterocycles. The van der Waals surface area contributed by atoms with Gasteiger partial charge in [0.05, 0.1) is 24.4 Å². The summed E-state index contributed by atoms with van der Waals surface area (Å²) in [5, 5.41) is 0. The third-order valence-corrected chi connectivity index (χ3v) is 7.29. The zero-order chi connectivity index (χ0) is 23.6. The van der Waals surface area contributed by atoms with Gasteiger partial charge in [0, 0.05) is 38.0 Å². The standard InChI is InChI=1S/C26H38N2O5/c1-18(2)10-13-31-25(3,4)23-22(30-5)21(9-11-26(23)17-32-26)33-24(29)28-15-19(16-28)14-20-8-6-7-12-27-20/h6-8,10,12,19,21-23H,9,11,13-17H2,1-5H3/t21-,22-,23-,26+/m1/s1. The molecule has 1 amide bonds. The quantitative estimate of drug-likeness (QED) is 0.433. The van der Waals surface area contributed by atoms with E-state index in [1.54, 1.807) is 12.0 Å². The molecule has 3 fully saturated rings. The highest BCUT2D eigenvalue weighted by Gasteiger charge is 2.64. The molecule has 4 atom stereocenters. The van der Waals surface area contributed by atoms with Crippen LogP contribution in [0, 0.1) is 11.8 Å². The smallest absolute Gasteiger partial charge is 0.410 e. The van der Waals surface area contributed by atoms with E-state index in [1.807, 2.05) is 24.4 Å². The molecule has 3 aliphatic rings. The average Bonchev–Trinajstić information content (AvgIpc) is 3.51. The Morgan fingerprint density at radius 3 is 2.70 bits per heavy atom. The Morgan fingerprint density at radius 2 is 2.09 bits per heavy atom. The first-order valence-corrected chi connectivity index (χ1v) is 12.0. The van der Waals surface area contributed by atoms with Crippen molar-refractivity contribution >= 4 is 6.09 Å². The summed E-state index contributed by atoms with van der Waals surface area (Å²) in [6.07, 6.45) is 5.49. The fraction of sp³-hybridized carbons (Fsp3) is 0.692. The number of hydrogen-bond acceptors (Lipinski definition) is 6. The van der Waals surface area contributed by atoms with Gasteiger partial charge in [-0.3, -0.25) is 4.98 Å². The summed E-state index contributed by atoms with van der Waals surface area (Å²) < 4.78 is 24.2. The normalized spacial score (nSPS) is 29.5. The molecule has 33 heavy (non-hydrogen) atoms. The van der Waals surface area contributed by atoms with E-state index < -0.39 is 5.60 Å². The highest BCUT2D eigenvalue weighted by Crippen LogP contribution is 2.52. The Kier molecular flexibility index (Phi) is 7.12. The van der Waals surface area contributed by atoms with E-state index in [2.05, 4.69) is 38.8 Å². The van der Waals surface area contributed by atoms with Crippen LogP contribution in [0.15, 0.2) is 36.0 Å². The predicted molar refractivity (Wildman–Crippen MR) is 125 cm³/mol. The maximum atomic E-state index is 12.9. The monoisotopic (exact) mass is 458 g/mol. The number of ether oxygens (including phenoxy) is 4. The van der Waals surface area contributed by atoms with Crippen LogP contribution < -0.4 is 0 Å². The molecule has 182 valence electrons. The molecule has 1 saturated carbocycles. The molecular weight excluding hydrogens is 420 g/mol. The second-order valence-electron chi connectivity index (χ2n) is 10.5. The van der Waals surface area contributed by atoms with Gasteiger partial charge in [-0.15, -0.1) is 0 Å². The fourth-order valence-electron chi connectivity index (χ4n) is 5.46. The van der Waals surface area contributed by atoms with Gasteiger partial charge < -0.3 is 23.8 Å². The molecule has 0 aromatic carbocycles. The number of nitrogens with zero attached hydrogens (tertiary/aromatic N) is 2. The van der Waals surface area contributed by atoms with Gasteiger partial charge in [-0.1, -0.05) is 17.7 Å². The van der Waals surface area contributed by atoms with Gasteiger partial charge in [-0.05, 0) is 65.0 Å². The van der Waals surface area contributed by atoms with E-state index in [0.29, 0.717) is 32.2 Å². The minimum Gasteiger partial charge on any atom is -0.443 e. The number of likely N-dealkylation sites (tertiary alicyclic amines) is 1. The summed E-state index contributed by atoms with van der Waals surface area (Å²) >= 11 is 0. The lowest BCUT2D eigenvalue weighted by Gasteiger charge is -2.48. The van der Waals surface area contributed by atoms with E-state index >= 15 is 0 Å². The van der Waals surface area contributed by atoms with Crippen molar-refractivity contribution in [3.8, 4) is 0 Å². The van der Waals surface area contributed by atoms with E-state index in [9.17, 15) is 4.79 Å². The molecule has 1 aromatic heterocycles. The van der Waals surface area contributed by atoms with Gasteiger partial charge in [0.2, 0.25) is 0 Å². The zero-order valence-corrected chi connectivity index (χ0v) is 20.6. The van der Waals surface area contributed by atoms with Crippen LogP contribution in [-0.4, -0.2) is 72.8 Å². The van der Waals surface area contributed by atoms with Gasteiger partial charge in [0.1, 0.15) is 12.2 Å². The van der Waals surface area contributed by atoms with Crippen LogP contribution in [0.4, 0.5) is 4.79 Å². The topological polar surface area (TPSA) is 73.4 Å². The second-order valence-corrected chi connectivity index (χ2v) is 10.5. The first kappa shape index (κ1) is 24.2. The Morgan fingerprint density at radius 1 is 1.33 bits per heavy atom. The molecule has 1 aliphatic carbocycles. The van der Waals surface area contributed by atoms with Crippen LogP contribution in [0.25, 0.3) is 0 Å². The summed E-state index contributed by atoms with van der Waals surface area (Å²) in [6.45, 7) is 10.9. The van der Waals surface area contributed by atoms with E-state index in [-0.39, 0.29) is 29.8 Å². The number of allylic oxidation sites excluding steroid dienone is 1. The number of pyridine rings is 1. The first-order chi connectivity index (χ1) is 15.7. The summed E-state index contributed by atoms with van der Waals surface area (Å²) in [5.41, 5.74) is 1.55. The zero-order valence-electron chi connectivity index (χ0n) is 20.6. The number of aromatic nitrogens is 1. The highest BCUT2D eigenvalue weighted by atomic mass is 16.6. The molecule has 7 heteroatoms. The Bertz CT molecular complexity index is 841. The van der Waals surface area contributed by atoms with Crippen molar-refractivity contribution in [3.05, 3.63) is 41.7 Å². The minimum atomic E-state index is -0.487. The lowest BCUT2D eigenvalue weighted by Crippen LogP contribution is -2.60. The van der Waals surface area contributed by atoms with Gasteiger partial charge >= 0.3 is 6.09 Å². The van der Waals surface area contributed by atoms with Crippen molar-refractivity contribution in [2.45, 2.75) is 70.4 Å². The number of hydrogen-bond donors (Lipinski definition) is 0. The van der Waals surface area contributed by atoms with Crippen LogP contribution in [0.3, 0.4) is 0 Å². The maximum absolute atomic E-state index is 12.9. The Balaban J connectivity index is 1.36. The third-order valence-electron chi connectivity index (χ3n) is 7.29. The van der Waals surface area contributed by atoms with Crippen molar-refractivity contribution in [3.63, 3.8) is 0 Å². The summed E-state index contributed by atoms with van der Waals surface area (Å²) in [6, 6.07) is 5.95. The lowest BCUT2D eigenvalue weighted by molar-refractivity contribution is -0.175. The van der Waals surface area contributed by atoms with Gasteiger partial charge in [0.15, 0.2) is 0 Å². The van der Waals surface area contributed by atoms with Crippen LogP contribution in [0.2, 0.25) is 0 Å². The molecule has 0 unspecified atom stereocenters. The number of epoxide rings is 1. The molecule has 7 nitrogen and oxygen atoms in total. The van der Waals surface area contributed by atoms with Gasteiger partial charge in [-0.2, -0.15) is 0 Å². The molecule has 2 aliphatic heterocycles. The SMILES string of the molecule is CO[C@H]1[C@H](C(C)(C)OCC=C(C)C)[C@]2(CC[C@H]1OC(=O)N1CC(Cc3ccccn3)C1)CO2. The van der Waals surface area contributed by atoms with E-state index in [1.165, 1.54) is 5.57 Å². The van der Waals surface area contributed by atoms with Crippen LogP contribution in [-0.2, 0) is 25.4 Å². The number of amides is 1. The van der Waals surface area contributed by atoms with Crippen molar-refractivity contribution in [1.29, 1.82) is 0 Å². The number of methoxy groups -OCH3 is 1. The van der Waals surface area contributed by atoms with Crippen molar-refractivity contribution in [2.24, 2.45) is 11.8 Å². The Labute approximate surface area is 197 Å². The van der Waals surface area contributed by atoms with Gasteiger partial charge in [0.25, 0.3) is 0 Å². The van der Waals surface area contributed by atoms with Gasteiger partial charge in [-0.25, -0.2) is 4.79 Å². The maximum Gasteiger partial charge on any atom is 0.410 e. The number of carbonyl (C=O) groups is 1. The molecule has 4 rings (SSSR count). The first-order valence-electron chi connectivity index (χ1n) is 12.0. The molecule has 1 spiro atoms. The third kappa shape index (κ3) is 5.42. The molecule has 0 N–H and O–H groups in total. The summed E-state index contributed by atoms with van der Waals surface area (Å²) in [5.74, 6) is 0.399. The number of rotatable bonds is 8. The summed E-state index contributed by atoms with van der Waals surface area (Å²) in [4.78, 5) is 19.1. The Hall–Kier alpha value is -1.96. The van der Waals surface area contributed by atoms with E-state index in [4.69, 9.17) is 18.9 Å². The minimum absolute atomic E-state index is 0.0274. The predicted octanol–water partition coefficient (Wildman–Crippen LogP) is 4.02. The number of carbonyl (C=O) groups excluding carboxylic acids is 1. The molecule has 1 aromatic rings. The fourth-order valence-corrected chi connectivity index (χ4v) is 5.46. The summed E-state index contributed by atoms with van der Waals surface area (Å²) in [7, 11) is 1.69. The molecular formula is C26H38N2O5. The average molecular weight is 459 g/mol. The van der Waals surface area contributed by atoms with Crippen molar-refractivity contribution < 1.29 is 23.7 Å². The van der Waals surface area contributed by atoms with Crippen molar-refractivity contribution in [2.75, 3.05) is 33.4 Å². The van der Waals surface area contributed by atoms with E-state index in [0.717, 1.165) is 25.0 Å². The van der Waals surface area contributed by atoms with Crippen molar-refractivity contribution in [1.82, 2.24) is 9.88 Å². The van der Waals surface area contributed by atoms with Crippen LogP contribution in [0.5, 0.6) is 0 Å². The molecule has 3 heterocycles. The molecule has 0 bridgehead atoms. The molecule has 0 radical (unpaired) electrons. The highest BCUT2D eigenvalue weighted by molar-refractivity contribution is 5.69. The largest absolute Gasteiger partial charge is 0.443 e. The van der Waals surface area contributed by atoms with Crippen LogP contribution in [0.1, 0.15) is 46.2 Å². The second kappa shape index (κ2) is 9.72. The lowest BCUT2D eigenvalue weighted by atomic mass is 9.68.